The van der Waals surface area contributed by atoms with E-state index in [0.29, 0.717) is 36.2 Å². The van der Waals surface area contributed by atoms with Gasteiger partial charge in [0.05, 0.1) is 17.7 Å². The van der Waals surface area contributed by atoms with Gasteiger partial charge in [-0.05, 0) is 92.3 Å². The van der Waals surface area contributed by atoms with Crippen LogP contribution in [0.1, 0.15) is 64.3 Å². The SMILES string of the molecule is Cc1ccc(OC2CNC2)cc1C(=O)N[C@H](C)c1cccc(-c2ccc(CN[C@H]3CC[C@@H](C(=O)OC[C@H]4O[C@@](C#N)(c5ccc6c(N)ncnn56)[C@H](O)[C@@H]4O)C3)s2)c1. The fourth-order valence-corrected chi connectivity index (χ4v) is 8.82. The van der Waals surface area contributed by atoms with Gasteiger partial charge in [-0.3, -0.25) is 9.59 Å². The number of thiophene rings is 1. The summed E-state index contributed by atoms with van der Waals surface area (Å²) in [5, 5.41) is 46.1. The molecule has 5 aromatic rings. The first-order valence-corrected chi connectivity index (χ1v) is 20.3. The number of nitrogens with one attached hydrogen (secondary N) is 3. The molecular weight excluding hydrogens is 761 g/mol. The van der Waals surface area contributed by atoms with Crippen LogP contribution in [-0.4, -0.2) is 86.8 Å². The minimum Gasteiger partial charge on any atom is -0.488 e. The second kappa shape index (κ2) is 16.5. The molecule has 2 aromatic carbocycles. The van der Waals surface area contributed by atoms with Crippen LogP contribution in [0.15, 0.2) is 73.1 Å². The van der Waals surface area contributed by atoms with Crippen LogP contribution in [0.5, 0.6) is 5.75 Å². The molecule has 1 aliphatic carbocycles. The third-order valence-electron chi connectivity index (χ3n) is 11.4. The molecule has 302 valence electrons. The molecule has 16 heteroatoms. The van der Waals surface area contributed by atoms with Crippen molar-refractivity contribution in [1.29, 1.82) is 5.26 Å². The molecule has 0 bridgehead atoms. The first-order valence-electron chi connectivity index (χ1n) is 19.4. The number of carbonyl (C=O) groups excluding carboxylic acids is 2. The Morgan fingerprint density at radius 3 is 2.79 bits per heavy atom. The zero-order chi connectivity index (χ0) is 40.6. The second-order valence-corrected chi connectivity index (χ2v) is 16.4. The quantitative estimate of drug-likeness (QED) is 0.0940. The lowest BCUT2D eigenvalue weighted by atomic mass is 9.92. The van der Waals surface area contributed by atoms with Crippen LogP contribution < -0.4 is 26.4 Å². The number of nitriles is 1. The lowest BCUT2D eigenvalue weighted by Crippen LogP contribution is -2.50. The minimum absolute atomic E-state index is 0.112. The molecule has 0 unspecified atom stereocenters. The highest BCUT2D eigenvalue weighted by atomic mass is 32.1. The molecule has 3 fully saturated rings. The van der Waals surface area contributed by atoms with Crippen molar-refractivity contribution in [2.45, 2.75) is 81.8 Å². The van der Waals surface area contributed by atoms with Crippen molar-refractivity contribution >= 4 is 34.5 Å². The van der Waals surface area contributed by atoms with E-state index in [1.54, 1.807) is 17.4 Å². The summed E-state index contributed by atoms with van der Waals surface area (Å²) < 4.78 is 18.9. The summed E-state index contributed by atoms with van der Waals surface area (Å²) in [5.41, 5.74) is 8.10. The van der Waals surface area contributed by atoms with Crippen molar-refractivity contribution in [3.8, 4) is 22.3 Å². The Hall–Kier alpha value is -5.41. The van der Waals surface area contributed by atoms with Crippen LogP contribution in [0.2, 0.25) is 0 Å². The fraction of sp³-hybridized carbons (Fsp3) is 0.405. The zero-order valence-electron chi connectivity index (χ0n) is 32.1. The van der Waals surface area contributed by atoms with E-state index in [-0.39, 0.29) is 48.1 Å². The van der Waals surface area contributed by atoms with E-state index >= 15 is 0 Å². The van der Waals surface area contributed by atoms with Gasteiger partial charge in [0.15, 0.2) is 5.82 Å². The van der Waals surface area contributed by atoms with E-state index in [1.807, 2.05) is 50.2 Å². The molecule has 0 radical (unpaired) electrons. The summed E-state index contributed by atoms with van der Waals surface area (Å²) in [6.07, 6.45) is -0.901. The molecule has 5 heterocycles. The Morgan fingerprint density at radius 2 is 2.00 bits per heavy atom. The zero-order valence-corrected chi connectivity index (χ0v) is 32.9. The topological polar surface area (TPSA) is 218 Å². The van der Waals surface area contributed by atoms with Crippen molar-refractivity contribution in [2.24, 2.45) is 5.92 Å². The lowest BCUT2D eigenvalue weighted by Gasteiger charge is -2.28. The van der Waals surface area contributed by atoms with Gasteiger partial charge in [0.1, 0.15) is 54.7 Å². The highest BCUT2D eigenvalue weighted by Gasteiger charge is 2.58. The minimum atomic E-state index is -1.97. The summed E-state index contributed by atoms with van der Waals surface area (Å²) in [5.74, 6) is -0.0315. The van der Waals surface area contributed by atoms with Gasteiger partial charge in [-0.2, -0.15) is 10.4 Å². The van der Waals surface area contributed by atoms with Crippen LogP contribution in [0, 0.1) is 24.2 Å². The fourth-order valence-electron chi connectivity index (χ4n) is 7.86. The number of carbonyl (C=O) groups is 2. The van der Waals surface area contributed by atoms with Crippen molar-refractivity contribution < 1.29 is 34.0 Å². The summed E-state index contributed by atoms with van der Waals surface area (Å²) in [6.45, 7) is 5.83. The van der Waals surface area contributed by atoms with Crippen molar-refractivity contribution in [1.82, 2.24) is 30.5 Å². The molecule has 3 aromatic heterocycles. The van der Waals surface area contributed by atoms with Gasteiger partial charge in [-0.15, -0.1) is 11.3 Å². The molecular formula is C42H46N8O7S. The van der Waals surface area contributed by atoms with Gasteiger partial charge < -0.3 is 46.1 Å². The summed E-state index contributed by atoms with van der Waals surface area (Å²) >= 11 is 1.69. The van der Waals surface area contributed by atoms with E-state index < -0.39 is 29.9 Å². The molecule has 15 nitrogen and oxygen atoms in total. The number of aliphatic hydroxyl groups is 2. The van der Waals surface area contributed by atoms with E-state index in [1.165, 1.54) is 16.9 Å². The number of fused-ring (bicyclic) bond motifs is 1. The second-order valence-electron chi connectivity index (χ2n) is 15.3. The Bertz CT molecular complexity index is 2360. The predicted molar refractivity (Wildman–Crippen MR) is 215 cm³/mol. The van der Waals surface area contributed by atoms with E-state index in [9.17, 15) is 25.1 Å². The van der Waals surface area contributed by atoms with Crippen LogP contribution in [0.25, 0.3) is 16.0 Å². The van der Waals surface area contributed by atoms with Crippen molar-refractivity contribution in [2.75, 3.05) is 25.4 Å². The van der Waals surface area contributed by atoms with Gasteiger partial charge in [0.25, 0.3) is 5.91 Å². The smallest absolute Gasteiger partial charge is 0.309 e. The largest absolute Gasteiger partial charge is 0.488 e. The predicted octanol–water partition coefficient (Wildman–Crippen LogP) is 3.53. The Labute approximate surface area is 339 Å². The third-order valence-corrected chi connectivity index (χ3v) is 12.5. The molecule has 8 rings (SSSR count). The summed E-state index contributed by atoms with van der Waals surface area (Å²) in [6, 6.07) is 23.1. The first kappa shape index (κ1) is 39.4. The van der Waals surface area contributed by atoms with Gasteiger partial charge in [-0.25, -0.2) is 9.50 Å². The molecule has 1 saturated carbocycles. The number of nitrogens with two attached hydrogens (primary N) is 1. The maximum Gasteiger partial charge on any atom is 0.309 e. The number of anilines is 1. The number of amides is 1. The number of nitrogen functional groups attached to an aromatic ring is 1. The van der Waals surface area contributed by atoms with E-state index in [2.05, 4.69) is 50.3 Å². The van der Waals surface area contributed by atoms with Gasteiger partial charge >= 0.3 is 5.97 Å². The average molecular weight is 807 g/mol. The molecule has 58 heavy (non-hydrogen) atoms. The number of benzene rings is 2. The standard InChI is InChI=1S/C42H46N8O7S/c1-23-6-9-29(56-30-17-45-18-30)16-32(23)40(53)49-24(2)25-4-3-5-26(14-25)35-12-10-31(58-35)19-46-28-8-7-27(15-28)41(54)55-20-34-37(51)38(52)42(21-43,57-34)36-13-11-33-39(44)47-22-48-50(33)36/h3-6,9-14,16,22,24,27-28,30,34,37-38,45-46,51-52H,7-8,15,17-20H2,1-2H3,(H,49,53)(H2,44,47,48)/t24-,27-,28+,34-,37-,38-,42+/m1/s1. The highest BCUT2D eigenvalue weighted by Crippen LogP contribution is 2.41. The number of aryl methyl sites for hydroxylation is 1. The summed E-state index contributed by atoms with van der Waals surface area (Å²) in [7, 11) is 0. The summed E-state index contributed by atoms with van der Waals surface area (Å²) in [4.78, 5) is 32.7. The Morgan fingerprint density at radius 1 is 1.16 bits per heavy atom. The number of rotatable bonds is 13. The van der Waals surface area contributed by atoms with Crippen molar-refractivity contribution in [3.63, 3.8) is 0 Å². The highest BCUT2D eigenvalue weighted by molar-refractivity contribution is 7.15. The van der Waals surface area contributed by atoms with E-state index in [0.717, 1.165) is 46.0 Å². The van der Waals surface area contributed by atoms with E-state index in [4.69, 9.17) is 19.9 Å². The lowest BCUT2D eigenvalue weighted by molar-refractivity contribution is -0.155. The maximum atomic E-state index is 13.3. The van der Waals surface area contributed by atoms with Gasteiger partial charge in [0.2, 0.25) is 5.60 Å². The Balaban J connectivity index is 0.816. The number of hydrogen-bond acceptors (Lipinski definition) is 14. The normalized spacial score (nSPS) is 24.9. The van der Waals surface area contributed by atoms with Crippen LogP contribution in [0.3, 0.4) is 0 Å². The molecule has 7 atom stereocenters. The van der Waals surface area contributed by atoms with Gasteiger partial charge in [0, 0.05) is 41.0 Å². The molecule has 3 aliphatic rings. The number of ether oxygens (including phenoxy) is 3. The van der Waals surface area contributed by atoms with Crippen LogP contribution >= 0.6 is 11.3 Å². The van der Waals surface area contributed by atoms with Gasteiger partial charge in [-0.1, -0.05) is 24.3 Å². The molecule has 2 aliphatic heterocycles. The van der Waals surface area contributed by atoms with Crippen molar-refractivity contribution in [3.05, 3.63) is 100 Å². The maximum absolute atomic E-state index is 13.3. The number of nitrogens with zero attached hydrogens (tertiary/aromatic N) is 4. The number of hydrogen-bond donors (Lipinski definition) is 6. The molecule has 1 amide bonds. The van der Waals surface area contributed by atoms with Crippen LogP contribution in [-0.2, 0) is 26.4 Å². The number of aromatic nitrogens is 3. The van der Waals surface area contributed by atoms with Crippen LogP contribution in [0.4, 0.5) is 5.82 Å². The molecule has 0 spiro atoms. The average Bonchev–Trinajstić information content (AvgIpc) is 4.03. The first-order chi connectivity index (χ1) is 28.0. The number of esters is 1. The molecule has 2 saturated heterocycles. The third kappa shape index (κ3) is 7.76. The monoisotopic (exact) mass is 806 g/mol. The molecule has 7 N–H and O–H groups in total. The Kier molecular flexibility index (Phi) is 11.2. The number of aliphatic hydroxyl groups excluding tert-OH is 2.